The first kappa shape index (κ1) is 16.2. The molecular formula is C18H20FNO2. The van der Waals surface area contributed by atoms with Crippen LogP contribution in [0, 0.1) is 5.82 Å². The molecule has 2 rings (SSSR count). The maximum atomic E-state index is 13.5. The lowest BCUT2D eigenvalue weighted by molar-refractivity contribution is -0.120. The van der Waals surface area contributed by atoms with Crippen molar-refractivity contribution >= 4 is 5.91 Å². The van der Waals surface area contributed by atoms with Gasteiger partial charge in [-0.15, -0.1) is 0 Å². The first-order valence-corrected chi connectivity index (χ1v) is 7.37. The first-order valence-electron chi connectivity index (χ1n) is 7.37. The highest BCUT2D eigenvalue weighted by Gasteiger charge is 2.13. The van der Waals surface area contributed by atoms with Crippen LogP contribution in [-0.4, -0.2) is 17.6 Å². The predicted molar refractivity (Wildman–Crippen MR) is 83.9 cm³/mol. The lowest BCUT2D eigenvalue weighted by Gasteiger charge is -2.13. The van der Waals surface area contributed by atoms with Crippen molar-refractivity contribution in [2.24, 2.45) is 0 Å². The van der Waals surface area contributed by atoms with Gasteiger partial charge in [0.2, 0.25) is 5.91 Å². The predicted octanol–water partition coefficient (Wildman–Crippen LogP) is 2.78. The summed E-state index contributed by atoms with van der Waals surface area (Å²) in [5.41, 5.74) is 2.32. The molecule has 0 radical (unpaired) electrons. The average molecular weight is 301 g/mol. The molecule has 0 aromatic heterocycles. The van der Waals surface area contributed by atoms with Gasteiger partial charge < -0.3 is 10.4 Å². The van der Waals surface area contributed by atoms with Crippen molar-refractivity contribution in [2.45, 2.75) is 25.9 Å². The van der Waals surface area contributed by atoms with Crippen molar-refractivity contribution < 1.29 is 14.3 Å². The van der Waals surface area contributed by atoms with E-state index in [1.54, 1.807) is 12.1 Å². The van der Waals surface area contributed by atoms with Crippen LogP contribution in [0.5, 0.6) is 0 Å². The van der Waals surface area contributed by atoms with Crippen LogP contribution in [0.3, 0.4) is 0 Å². The van der Waals surface area contributed by atoms with Gasteiger partial charge in [-0.1, -0.05) is 49.4 Å². The number of hydrogen-bond acceptors (Lipinski definition) is 2. The van der Waals surface area contributed by atoms with Gasteiger partial charge in [-0.25, -0.2) is 4.39 Å². The molecular weight excluding hydrogens is 281 g/mol. The van der Waals surface area contributed by atoms with Gasteiger partial charge in [0.15, 0.2) is 0 Å². The molecule has 0 saturated carbocycles. The van der Waals surface area contributed by atoms with Gasteiger partial charge in [0.25, 0.3) is 0 Å². The van der Waals surface area contributed by atoms with Crippen LogP contribution in [0.25, 0.3) is 0 Å². The molecule has 1 amide bonds. The molecule has 0 aliphatic heterocycles. The Morgan fingerprint density at radius 1 is 1.14 bits per heavy atom. The van der Waals surface area contributed by atoms with Crippen molar-refractivity contribution in [1.82, 2.24) is 5.32 Å². The van der Waals surface area contributed by atoms with Crippen LogP contribution in [0.4, 0.5) is 4.39 Å². The summed E-state index contributed by atoms with van der Waals surface area (Å²) in [5, 5.41) is 12.6. The van der Waals surface area contributed by atoms with Crippen LogP contribution in [0.1, 0.15) is 29.7 Å². The number of halogens is 1. The van der Waals surface area contributed by atoms with Crippen molar-refractivity contribution in [1.29, 1.82) is 0 Å². The van der Waals surface area contributed by atoms with Gasteiger partial charge in [0, 0.05) is 12.1 Å². The molecule has 0 heterocycles. The fourth-order valence-electron chi connectivity index (χ4n) is 2.21. The number of aliphatic hydroxyl groups excluding tert-OH is 1. The lowest BCUT2D eigenvalue weighted by Crippen LogP contribution is -2.29. The maximum absolute atomic E-state index is 13.5. The molecule has 2 N–H and O–H groups in total. The summed E-state index contributed by atoms with van der Waals surface area (Å²) in [5.74, 6) is -0.668. The minimum atomic E-state index is -1.05. The van der Waals surface area contributed by atoms with Gasteiger partial charge in [-0.3, -0.25) is 4.79 Å². The number of hydrogen-bond donors (Lipinski definition) is 2. The molecule has 116 valence electrons. The maximum Gasteiger partial charge on any atom is 0.224 e. The Labute approximate surface area is 129 Å². The van der Waals surface area contributed by atoms with E-state index in [1.165, 1.54) is 17.7 Å². The van der Waals surface area contributed by atoms with Crippen molar-refractivity contribution in [3.63, 3.8) is 0 Å². The van der Waals surface area contributed by atoms with Crippen LogP contribution in [0.2, 0.25) is 0 Å². The summed E-state index contributed by atoms with van der Waals surface area (Å²) in [4.78, 5) is 11.9. The highest BCUT2D eigenvalue weighted by atomic mass is 19.1. The SMILES string of the molecule is CCc1ccc(CC(=O)NCC(O)c2ccccc2F)cc1. The van der Waals surface area contributed by atoms with Crippen molar-refractivity contribution in [3.8, 4) is 0 Å². The van der Waals surface area contributed by atoms with E-state index in [9.17, 15) is 14.3 Å². The van der Waals surface area contributed by atoms with E-state index in [4.69, 9.17) is 0 Å². The standard InChI is InChI=1S/C18H20FNO2/c1-2-13-7-9-14(10-8-13)11-18(22)20-12-17(21)15-5-3-4-6-16(15)19/h3-10,17,21H,2,11-12H2,1H3,(H,20,22). The molecule has 0 aliphatic carbocycles. The zero-order valence-electron chi connectivity index (χ0n) is 12.6. The number of amides is 1. The Morgan fingerprint density at radius 2 is 1.77 bits per heavy atom. The van der Waals surface area contributed by atoms with Gasteiger partial charge in [0.05, 0.1) is 12.5 Å². The number of benzene rings is 2. The largest absolute Gasteiger partial charge is 0.386 e. The number of carbonyl (C=O) groups excluding carboxylic acids is 1. The molecule has 4 heteroatoms. The normalized spacial score (nSPS) is 12.0. The summed E-state index contributed by atoms with van der Waals surface area (Å²) in [6.45, 7) is 2.07. The summed E-state index contributed by atoms with van der Waals surface area (Å²) in [6, 6.07) is 13.8. The number of rotatable bonds is 6. The summed E-state index contributed by atoms with van der Waals surface area (Å²) in [6.07, 6.45) is 0.155. The van der Waals surface area contributed by atoms with E-state index in [1.807, 2.05) is 24.3 Å². The molecule has 0 saturated heterocycles. The second-order valence-electron chi connectivity index (χ2n) is 5.19. The second-order valence-corrected chi connectivity index (χ2v) is 5.19. The van der Waals surface area contributed by atoms with E-state index in [2.05, 4.69) is 12.2 Å². The fourth-order valence-corrected chi connectivity index (χ4v) is 2.21. The highest BCUT2D eigenvalue weighted by molar-refractivity contribution is 5.78. The Bertz CT molecular complexity index is 625. The summed E-state index contributed by atoms with van der Waals surface area (Å²) >= 11 is 0. The van der Waals surface area contributed by atoms with Crippen molar-refractivity contribution in [3.05, 3.63) is 71.0 Å². The third-order valence-electron chi connectivity index (χ3n) is 3.55. The Kier molecular flexibility index (Phi) is 5.67. The highest BCUT2D eigenvalue weighted by Crippen LogP contribution is 2.15. The van der Waals surface area contributed by atoms with E-state index < -0.39 is 11.9 Å². The monoisotopic (exact) mass is 301 g/mol. The van der Waals surface area contributed by atoms with E-state index in [0.717, 1.165) is 12.0 Å². The zero-order chi connectivity index (χ0) is 15.9. The van der Waals surface area contributed by atoms with Crippen LogP contribution in [0.15, 0.2) is 48.5 Å². The summed E-state index contributed by atoms with van der Waals surface area (Å²) < 4.78 is 13.5. The van der Waals surface area contributed by atoms with Crippen molar-refractivity contribution in [2.75, 3.05) is 6.54 Å². The molecule has 0 bridgehead atoms. The molecule has 2 aromatic rings. The Balaban J connectivity index is 1.85. The van der Waals surface area contributed by atoms with Gasteiger partial charge >= 0.3 is 0 Å². The van der Waals surface area contributed by atoms with Gasteiger partial charge in [0.1, 0.15) is 5.82 Å². The number of nitrogens with one attached hydrogen (secondary N) is 1. The van der Waals surface area contributed by atoms with E-state index in [0.29, 0.717) is 0 Å². The zero-order valence-corrected chi connectivity index (χ0v) is 12.6. The summed E-state index contributed by atoms with van der Waals surface area (Å²) in [7, 11) is 0. The Morgan fingerprint density at radius 3 is 2.41 bits per heavy atom. The van der Waals surface area contributed by atoms with Gasteiger partial charge in [-0.2, -0.15) is 0 Å². The molecule has 1 atom stereocenters. The molecule has 0 spiro atoms. The van der Waals surface area contributed by atoms with E-state index >= 15 is 0 Å². The van der Waals surface area contributed by atoms with Crippen LogP contribution < -0.4 is 5.32 Å². The smallest absolute Gasteiger partial charge is 0.224 e. The second kappa shape index (κ2) is 7.71. The number of aryl methyl sites for hydroxylation is 1. The fraction of sp³-hybridized carbons (Fsp3) is 0.278. The van der Waals surface area contributed by atoms with Crippen LogP contribution in [-0.2, 0) is 17.6 Å². The van der Waals surface area contributed by atoms with Gasteiger partial charge in [-0.05, 0) is 23.6 Å². The molecule has 3 nitrogen and oxygen atoms in total. The van der Waals surface area contributed by atoms with Crippen LogP contribution >= 0.6 is 0 Å². The third-order valence-corrected chi connectivity index (χ3v) is 3.55. The topological polar surface area (TPSA) is 49.3 Å². The quantitative estimate of drug-likeness (QED) is 0.862. The first-order chi connectivity index (χ1) is 10.6. The minimum absolute atomic E-state index is 0.00713. The number of carbonyl (C=O) groups is 1. The minimum Gasteiger partial charge on any atom is -0.386 e. The Hall–Kier alpha value is -2.20. The third kappa shape index (κ3) is 4.40. The molecule has 0 aliphatic rings. The molecule has 1 unspecified atom stereocenters. The molecule has 2 aromatic carbocycles. The molecule has 22 heavy (non-hydrogen) atoms. The lowest BCUT2D eigenvalue weighted by atomic mass is 10.1. The average Bonchev–Trinajstić information content (AvgIpc) is 2.54. The number of aliphatic hydroxyl groups is 1. The molecule has 0 fully saturated rings. The van der Waals surface area contributed by atoms with E-state index in [-0.39, 0.29) is 24.4 Å².